The molecule has 1 aromatic heterocycles. The summed E-state index contributed by atoms with van der Waals surface area (Å²) in [5.41, 5.74) is 0.698. The van der Waals surface area contributed by atoms with Crippen LogP contribution >= 0.6 is 11.3 Å². The van der Waals surface area contributed by atoms with E-state index >= 15 is 0 Å². The van der Waals surface area contributed by atoms with Crippen LogP contribution in [0.1, 0.15) is 29.6 Å². The van der Waals surface area contributed by atoms with Crippen molar-refractivity contribution in [3.05, 3.63) is 35.2 Å². The second-order valence-electron chi connectivity index (χ2n) is 5.18. The SMILES string of the molecule is O=C(OCCN1CCCCC1)c1csc2ccccc12. The van der Waals surface area contributed by atoms with E-state index < -0.39 is 0 Å². The molecule has 0 spiro atoms. The van der Waals surface area contributed by atoms with E-state index in [0.717, 1.165) is 29.7 Å². The lowest BCUT2D eigenvalue weighted by Gasteiger charge is -2.25. The summed E-state index contributed by atoms with van der Waals surface area (Å²) in [6, 6.07) is 7.96. The summed E-state index contributed by atoms with van der Waals surface area (Å²) in [4.78, 5) is 14.5. The number of hydrogen-bond acceptors (Lipinski definition) is 4. The first-order chi connectivity index (χ1) is 9.84. The first-order valence-corrected chi connectivity index (χ1v) is 8.08. The Morgan fingerprint density at radius 2 is 2.00 bits per heavy atom. The molecule has 106 valence electrons. The van der Waals surface area contributed by atoms with Gasteiger partial charge in [-0.25, -0.2) is 4.79 Å². The molecule has 20 heavy (non-hydrogen) atoms. The van der Waals surface area contributed by atoms with Gasteiger partial charge in [-0.3, -0.25) is 4.90 Å². The molecule has 0 saturated carbocycles. The number of likely N-dealkylation sites (tertiary alicyclic amines) is 1. The summed E-state index contributed by atoms with van der Waals surface area (Å²) in [6.45, 7) is 3.62. The summed E-state index contributed by atoms with van der Waals surface area (Å²) in [6.07, 6.45) is 3.86. The number of ether oxygens (including phenoxy) is 1. The van der Waals surface area contributed by atoms with E-state index in [4.69, 9.17) is 4.74 Å². The Kier molecular flexibility index (Phi) is 4.33. The fourth-order valence-electron chi connectivity index (χ4n) is 2.66. The number of rotatable bonds is 4. The molecule has 0 bridgehead atoms. The second-order valence-corrected chi connectivity index (χ2v) is 6.09. The van der Waals surface area contributed by atoms with Crippen molar-refractivity contribution in [2.45, 2.75) is 19.3 Å². The third-order valence-corrected chi connectivity index (χ3v) is 4.75. The Morgan fingerprint density at radius 3 is 2.85 bits per heavy atom. The van der Waals surface area contributed by atoms with Gasteiger partial charge in [-0.1, -0.05) is 24.6 Å². The molecule has 1 fully saturated rings. The molecule has 2 heterocycles. The summed E-state index contributed by atoms with van der Waals surface area (Å²) in [7, 11) is 0. The Morgan fingerprint density at radius 1 is 1.20 bits per heavy atom. The summed E-state index contributed by atoms with van der Waals surface area (Å²) < 4.78 is 6.56. The van der Waals surface area contributed by atoms with Crippen molar-refractivity contribution in [2.75, 3.05) is 26.2 Å². The maximum Gasteiger partial charge on any atom is 0.339 e. The van der Waals surface area contributed by atoms with E-state index in [0.29, 0.717) is 12.2 Å². The maximum atomic E-state index is 12.1. The molecule has 0 radical (unpaired) electrons. The van der Waals surface area contributed by atoms with E-state index in [1.807, 2.05) is 29.6 Å². The molecular weight excluding hydrogens is 270 g/mol. The Hall–Kier alpha value is -1.39. The van der Waals surface area contributed by atoms with Gasteiger partial charge in [-0.05, 0) is 32.0 Å². The maximum absolute atomic E-state index is 12.1. The highest BCUT2D eigenvalue weighted by atomic mass is 32.1. The van der Waals surface area contributed by atoms with Crippen LogP contribution in [0, 0.1) is 0 Å². The molecule has 2 aromatic rings. The van der Waals surface area contributed by atoms with Crippen LogP contribution in [0.3, 0.4) is 0 Å². The topological polar surface area (TPSA) is 29.5 Å². The van der Waals surface area contributed by atoms with Crippen molar-refractivity contribution < 1.29 is 9.53 Å². The van der Waals surface area contributed by atoms with E-state index in [2.05, 4.69) is 4.90 Å². The molecule has 0 atom stereocenters. The number of hydrogen-bond donors (Lipinski definition) is 0. The summed E-state index contributed by atoms with van der Waals surface area (Å²) in [5.74, 6) is -0.195. The van der Waals surface area contributed by atoms with Crippen molar-refractivity contribution in [1.29, 1.82) is 0 Å². The molecule has 1 aliphatic rings. The average Bonchev–Trinajstić information content (AvgIpc) is 2.92. The largest absolute Gasteiger partial charge is 0.461 e. The summed E-state index contributed by atoms with van der Waals surface area (Å²) in [5, 5.41) is 2.90. The Balaban J connectivity index is 1.56. The first kappa shape index (κ1) is 13.6. The highest BCUT2D eigenvalue weighted by Crippen LogP contribution is 2.26. The number of fused-ring (bicyclic) bond motifs is 1. The predicted octanol–water partition coefficient (Wildman–Crippen LogP) is 3.54. The minimum absolute atomic E-state index is 0.195. The average molecular weight is 289 g/mol. The Labute approximate surface area is 123 Å². The van der Waals surface area contributed by atoms with Gasteiger partial charge in [0, 0.05) is 22.0 Å². The van der Waals surface area contributed by atoms with Crippen LogP contribution in [-0.4, -0.2) is 37.1 Å². The van der Waals surface area contributed by atoms with Gasteiger partial charge in [-0.15, -0.1) is 11.3 Å². The van der Waals surface area contributed by atoms with Gasteiger partial charge in [0.15, 0.2) is 0 Å². The quantitative estimate of drug-likeness (QED) is 0.806. The van der Waals surface area contributed by atoms with Crippen LogP contribution in [0.15, 0.2) is 29.6 Å². The van der Waals surface area contributed by atoms with Crippen molar-refractivity contribution >= 4 is 27.4 Å². The molecule has 1 saturated heterocycles. The first-order valence-electron chi connectivity index (χ1n) is 7.20. The van der Waals surface area contributed by atoms with E-state index in [1.54, 1.807) is 11.3 Å². The molecule has 4 heteroatoms. The van der Waals surface area contributed by atoms with Crippen molar-refractivity contribution in [3.63, 3.8) is 0 Å². The lowest BCUT2D eigenvalue weighted by atomic mass is 10.1. The van der Waals surface area contributed by atoms with Crippen LogP contribution in [-0.2, 0) is 4.74 Å². The van der Waals surface area contributed by atoms with Crippen molar-refractivity contribution in [1.82, 2.24) is 4.90 Å². The predicted molar refractivity (Wildman–Crippen MR) is 82.4 cm³/mol. The normalized spacial score (nSPS) is 16.4. The zero-order chi connectivity index (χ0) is 13.8. The zero-order valence-corrected chi connectivity index (χ0v) is 12.3. The monoisotopic (exact) mass is 289 g/mol. The van der Waals surface area contributed by atoms with Crippen LogP contribution in [0.5, 0.6) is 0 Å². The van der Waals surface area contributed by atoms with E-state index in [-0.39, 0.29) is 5.97 Å². The summed E-state index contributed by atoms with van der Waals surface area (Å²) >= 11 is 1.59. The fraction of sp³-hybridized carbons (Fsp3) is 0.438. The molecule has 3 nitrogen and oxygen atoms in total. The van der Waals surface area contributed by atoms with Gasteiger partial charge in [-0.2, -0.15) is 0 Å². The lowest BCUT2D eigenvalue weighted by molar-refractivity contribution is 0.0455. The molecule has 0 aliphatic carbocycles. The number of benzene rings is 1. The molecule has 0 amide bonds. The van der Waals surface area contributed by atoms with Crippen molar-refractivity contribution in [2.24, 2.45) is 0 Å². The van der Waals surface area contributed by atoms with Gasteiger partial charge in [0.25, 0.3) is 0 Å². The number of esters is 1. The lowest BCUT2D eigenvalue weighted by Crippen LogP contribution is -2.33. The molecular formula is C16H19NO2S. The molecule has 1 aromatic carbocycles. The second kappa shape index (κ2) is 6.37. The Bertz CT molecular complexity index is 587. The van der Waals surface area contributed by atoms with Gasteiger partial charge in [0.1, 0.15) is 6.61 Å². The van der Waals surface area contributed by atoms with Crippen LogP contribution in [0.2, 0.25) is 0 Å². The smallest absolute Gasteiger partial charge is 0.339 e. The number of thiophene rings is 1. The molecule has 3 rings (SSSR count). The van der Waals surface area contributed by atoms with Crippen LogP contribution in [0.4, 0.5) is 0 Å². The van der Waals surface area contributed by atoms with Gasteiger partial charge >= 0.3 is 5.97 Å². The van der Waals surface area contributed by atoms with Gasteiger partial charge in [0.2, 0.25) is 0 Å². The molecule has 0 N–H and O–H groups in total. The van der Waals surface area contributed by atoms with Crippen LogP contribution < -0.4 is 0 Å². The fourth-order valence-corrected chi connectivity index (χ4v) is 3.59. The number of piperidine rings is 1. The van der Waals surface area contributed by atoms with Crippen LogP contribution in [0.25, 0.3) is 10.1 Å². The third-order valence-electron chi connectivity index (χ3n) is 3.79. The molecule has 1 aliphatic heterocycles. The van der Waals surface area contributed by atoms with E-state index in [1.165, 1.54) is 19.3 Å². The number of nitrogens with zero attached hydrogens (tertiary/aromatic N) is 1. The zero-order valence-electron chi connectivity index (χ0n) is 11.5. The van der Waals surface area contributed by atoms with E-state index in [9.17, 15) is 4.79 Å². The van der Waals surface area contributed by atoms with Gasteiger partial charge < -0.3 is 4.74 Å². The minimum Gasteiger partial charge on any atom is -0.461 e. The minimum atomic E-state index is -0.195. The number of carbonyl (C=O) groups excluding carboxylic acids is 1. The standard InChI is InChI=1S/C16H19NO2S/c18-16(19-11-10-17-8-4-1-5-9-17)14-12-20-15-7-3-2-6-13(14)15/h2-3,6-7,12H,1,4-5,8-11H2. The van der Waals surface area contributed by atoms with Crippen molar-refractivity contribution in [3.8, 4) is 0 Å². The third kappa shape index (κ3) is 3.02. The highest BCUT2D eigenvalue weighted by Gasteiger charge is 2.14. The molecule has 0 unspecified atom stereocenters. The highest BCUT2D eigenvalue weighted by molar-refractivity contribution is 7.17. The number of carbonyl (C=O) groups is 1. The van der Waals surface area contributed by atoms with Gasteiger partial charge in [0.05, 0.1) is 5.56 Å².